The van der Waals surface area contributed by atoms with E-state index in [1.807, 2.05) is 0 Å². The van der Waals surface area contributed by atoms with Gasteiger partial charge in [0.2, 0.25) is 0 Å². The molecule has 0 aliphatic heterocycles. The number of ether oxygens (including phenoxy) is 1. The number of fused-ring (bicyclic) bond motifs is 2. The van der Waals surface area contributed by atoms with Gasteiger partial charge in [0, 0.05) is 0 Å². The summed E-state index contributed by atoms with van der Waals surface area (Å²) in [6.07, 6.45) is -1.28. The molecule has 0 bridgehead atoms. The Morgan fingerprint density at radius 3 is 1.86 bits per heavy atom. The van der Waals surface area contributed by atoms with Crippen LogP contribution in [0.1, 0.15) is 82.5 Å². The molecule has 2 aromatic carbocycles. The molecule has 0 radical (unpaired) electrons. The number of ketones is 4. The Morgan fingerprint density at radius 2 is 1.31 bits per heavy atom. The Bertz CT molecular complexity index is 1580. The Labute approximate surface area is 254 Å². The number of amides is 1. The molecule has 1 atom stereocenters. The van der Waals surface area contributed by atoms with Crippen LogP contribution < -0.4 is 5.32 Å². The molecule has 8 nitrogen and oxygen atoms in total. The van der Waals surface area contributed by atoms with Crippen LogP contribution in [0, 0.1) is 0 Å². The molecular weight excluding hydrogens is 621 g/mol. The molecule has 0 heterocycles. The van der Waals surface area contributed by atoms with E-state index in [1.54, 1.807) is 83.1 Å². The van der Waals surface area contributed by atoms with Gasteiger partial charge in [0.25, 0.3) is 0 Å². The topological polar surface area (TPSA) is 124 Å². The first-order valence-corrected chi connectivity index (χ1v) is 16.4. The van der Waals surface area contributed by atoms with E-state index in [9.17, 15) is 28.8 Å². The van der Waals surface area contributed by atoms with Gasteiger partial charge in [0.15, 0.2) is 0 Å². The third kappa shape index (κ3) is 6.72. The van der Waals surface area contributed by atoms with Crippen molar-refractivity contribution >= 4 is 61.7 Å². The Balaban J connectivity index is 1.43. The fourth-order valence-electron chi connectivity index (χ4n) is 4.53. The van der Waals surface area contributed by atoms with Crippen LogP contribution in [-0.4, -0.2) is 67.4 Å². The van der Waals surface area contributed by atoms with E-state index in [0.717, 1.165) is 11.8 Å². The third-order valence-electron chi connectivity index (χ3n) is 6.60. The number of Topliss-reactive ketones (excluding diaryl/α,β-unsaturated/α-hetero) is 4. The molecule has 1 N–H and O–H groups in total. The molecule has 0 saturated heterocycles. The molecule has 0 fully saturated rings. The number of hydrogen-bond donors (Lipinski definition) is 1. The molecule has 2 aromatic rings. The first-order valence-electron chi connectivity index (χ1n) is 13.4. The van der Waals surface area contributed by atoms with Gasteiger partial charge in [-0.3, -0.25) is 0 Å². The van der Waals surface area contributed by atoms with Crippen molar-refractivity contribution in [3.05, 3.63) is 91.3 Å². The monoisotopic (exact) mass is 653 g/mol. The number of esters is 1. The Kier molecular flexibility index (Phi) is 9.50. The van der Waals surface area contributed by atoms with Gasteiger partial charge < -0.3 is 0 Å². The van der Waals surface area contributed by atoms with Crippen molar-refractivity contribution in [2.75, 3.05) is 5.75 Å². The molecule has 218 valence electrons. The van der Waals surface area contributed by atoms with Crippen LogP contribution >= 0.6 is 11.8 Å². The summed E-state index contributed by atoms with van der Waals surface area (Å²) in [5.41, 5.74) is 1.47. The number of rotatable bonds is 9. The zero-order chi connectivity index (χ0) is 30.8. The maximum atomic E-state index is 13.2. The van der Waals surface area contributed by atoms with E-state index < -0.39 is 38.5 Å². The van der Waals surface area contributed by atoms with Crippen molar-refractivity contribution in [1.82, 2.24) is 5.32 Å². The van der Waals surface area contributed by atoms with E-state index in [-0.39, 0.29) is 40.6 Å². The van der Waals surface area contributed by atoms with Crippen LogP contribution in [-0.2, 0) is 14.3 Å². The summed E-state index contributed by atoms with van der Waals surface area (Å²) in [6.45, 7) is 8.60. The summed E-state index contributed by atoms with van der Waals surface area (Å²) in [5, 5.41) is 2.89. The number of benzene rings is 2. The number of carbonyl (C=O) groups excluding carboxylic acids is 6. The summed E-state index contributed by atoms with van der Waals surface area (Å²) >= 11 is 0.472. The second-order valence-corrected chi connectivity index (χ2v) is 14.2. The zero-order valence-corrected chi connectivity index (χ0v) is 26.5. The number of carbonyl (C=O) groups is 6. The summed E-state index contributed by atoms with van der Waals surface area (Å²) < 4.78 is 5.96. The third-order valence-corrected chi connectivity index (χ3v) is 10.4. The van der Waals surface area contributed by atoms with Crippen LogP contribution in [0.15, 0.2) is 69.1 Å². The molecule has 2 aliphatic carbocycles. The van der Waals surface area contributed by atoms with Gasteiger partial charge in [-0.25, -0.2) is 0 Å². The molecule has 10 heteroatoms. The maximum absolute atomic E-state index is 13.2. The zero-order valence-electron chi connectivity index (χ0n) is 24.0. The van der Waals surface area contributed by atoms with Gasteiger partial charge in [0.1, 0.15) is 0 Å². The van der Waals surface area contributed by atoms with Gasteiger partial charge in [-0.15, -0.1) is 0 Å². The van der Waals surface area contributed by atoms with Crippen LogP contribution in [0.5, 0.6) is 0 Å². The predicted octanol–water partition coefficient (Wildman–Crippen LogP) is 4.77. The summed E-state index contributed by atoms with van der Waals surface area (Å²) in [4.78, 5) is 78.1. The van der Waals surface area contributed by atoms with Crippen molar-refractivity contribution in [3.63, 3.8) is 0 Å². The standard InChI is InChI=1S/C32H31NO7SSe/c1-17-25(35)19-10-6-8-12-21(19)27(37)29(17)41-15-14-24(34)40-23(31(39)33-32(3,4)5)16-42-30-18(2)26(36)20-11-7-9-13-22(20)28(30)38/h6-13,23H,14-16H2,1-5H3,(H,33,39). The van der Waals surface area contributed by atoms with Crippen molar-refractivity contribution in [1.29, 1.82) is 0 Å². The predicted molar refractivity (Wildman–Crippen MR) is 161 cm³/mol. The van der Waals surface area contributed by atoms with Crippen molar-refractivity contribution in [3.8, 4) is 0 Å². The summed E-state index contributed by atoms with van der Waals surface area (Å²) in [5.74, 6) is -1.95. The van der Waals surface area contributed by atoms with Crippen LogP contribution in [0.25, 0.3) is 0 Å². The van der Waals surface area contributed by atoms with E-state index in [1.165, 1.54) is 0 Å². The van der Waals surface area contributed by atoms with Gasteiger partial charge in [-0.05, 0) is 0 Å². The van der Waals surface area contributed by atoms with Crippen LogP contribution in [0.3, 0.4) is 0 Å². The fraction of sp³-hybridized carbons (Fsp3) is 0.312. The summed E-state index contributed by atoms with van der Waals surface area (Å²) in [6, 6.07) is 13.3. The molecule has 0 saturated carbocycles. The van der Waals surface area contributed by atoms with Crippen molar-refractivity contribution < 1.29 is 33.5 Å². The van der Waals surface area contributed by atoms with Crippen LogP contribution in [0.2, 0.25) is 5.32 Å². The first-order chi connectivity index (χ1) is 19.8. The summed E-state index contributed by atoms with van der Waals surface area (Å²) in [7, 11) is 0. The molecule has 4 rings (SSSR count). The number of thioether (sulfide) groups is 1. The van der Waals surface area contributed by atoms with Gasteiger partial charge in [-0.1, -0.05) is 6.07 Å². The van der Waals surface area contributed by atoms with E-state index in [0.29, 0.717) is 42.8 Å². The average Bonchev–Trinajstić information content (AvgIpc) is 2.95. The fourth-order valence-corrected chi connectivity index (χ4v) is 7.83. The van der Waals surface area contributed by atoms with E-state index >= 15 is 0 Å². The second kappa shape index (κ2) is 12.7. The number of allylic oxidation sites excluding steroid dienone is 4. The van der Waals surface area contributed by atoms with Crippen LogP contribution in [0.4, 0.5) is 0 Å². The van der Waals surface area contributed by atoms with E-state index in [4.69, 9.17) is 4.74 Å². The number of nitrogens with one attached hydrogen (secondary N) is 1. The van der Waals surface area contributed by atoms with Crippen molar-refractivity contribution in [2.24, 2.45) is 0 Å². The Hall–Kier alpha value is -3.59. The normalized spacial score (nSPS) is 15.8. The molecule has 1 amide bonds. The molecule has 2 aliphatic rings. The first kappa shape index (κ1) is 31.3. The number of hydrogen-bond acceptors (Lipinski definition) is 8. The minimum absolute atomic E-state index is 0.0652. The quantitative estimate of drug-likeness (QED) is 0.304. The molecule has 1 unspecified atom stereocenters. The SMILES string of the molecule is CC1=C(SCCC(=O)OC(C[Se]C2=C(C)C(=O)c3ccccc3C2=O)C(=O)NC(C)(C)C)C(=O)c2ccccc2C1=O. The van der Waals surface area contributed by atoms with Gasteiger partial charge in [0.05, 0.1) is 0 Å². The van der Waals surface area contributed by atoms with E-state index in [2.05, 4.69) is 5.32 Å². The van der Waals surface area contributed by atoms with Gasteiger partial charge in [-0.2, -0.15) is 0 Å². The average molecular weight is 653 g/mol. The molecule has 42 heavy (non-hydrogen) atoms. The van der Waals surface area contributed by atoms with Crippen molar-refractivity contribution in [2.45, 2.75) is 58.0 Å². The molecular formula is C32H31NO7SSe. The second-order valence-electron chi connectivity index (χ2n) is 10.9. The molecule has 0 aromatic heterocycles. The molecule has 0 spiro atoms. The minimum atomic E-state index is -1.17. The Morgan fingerprint density at radius 1 is 0.810 bits per heavy atom. The van der Waals surface area contributed by atoms with Gasteiger partial charge >= 0.3 is 250 Å².